The van der Waals surface area contributed by atoms with Crippen molar-refractivity contribution in [2.45, 2.75) is 19.8 Å². The van der Waals surface area contributed by atoms with Gasteiger partial charge in [-0.3, -0.25) is 9.59 Å². The van der Waals surface area contributed by atoms with E-state index >= 15 is 0 Å². The average molecular weight is 309 g/mol. The molecule has 120 valence electrons. The Morgan fingerprint density at radius 2 is 2.09 bits per heavy atom. The van der Waals surface area contributed by atoms with Gasteiger partial charge in [-0.25, -0.2) is 4.39 Å². The zero-order chi connectivity index (χ0) is 16.1. The molecule has 2 N–H and O–H groups in total. The van der Waals surface area contributed by atoms with Gasteiger partial charge in [0.25, 0.3) is 5.91 Å². The van der Waals surface area contributed by atoms with Crippen LogP contribution in [0.15, 0.2) is 18.2 Å². The van der Waals surface area contributed by atoms with Crippen LogP contribution in [0.3, 0.4) is 0 Å². The first-order valence-corrected chi connectivity index (χ1v) is 7.34. The molecule has 0 spiro atoms. The number of carboxylic acid groups (broad SMARTS) is 1. The molecule has 0 bridgehead atoms. The number of hydrogen-bond acceptors (Lipinski definition) is 3. The fourth-order valence-corrected chi connectivity index (χ4v) is 2.66. The Balaban J connectivity index is 1.97. The largest absolute Gasteiger partial charge is 0.481 e. The zero-order valence-corrected chi connectivity index (χ0v) is 12.5. The van der Waals surface area contributed by atoms with Crippen molar-refractivity contribution in [2.24, 2.45) is 11.8 Å². The molecule has 1 heterocycles. The summed E-state index contributed by atoms with van der Waals surface area (Å²) in [7, 11) is 0. The second-order valence-corrected chi connectivity index (χ2v) is 5.57. The Kier molecular flexibility index (Phi) is 5.49. The van der Waals surface area contributed by atoms with Gasteiger partial charge >= 0.3 is 5.97 Å². The van der Waals surface area contributed by atoms with Gasteiger partial charge in [-0.05, 0) is 49.4 Å². The fraction of sp³-hybridized carbons (Fsp3) is 0.500. The molecule has 0 radical (unpaired) electrons. The van der Waals surface area contributed by atoms with Crippen molar-refractivity contribution in [1.29, 1.82) is 0 Å². The van der Waals surface area contributed by atoms with Crippen LogP contribution in [0.25, 0.3) is 0 Å². The second-order valence-electron chi connectivity index (χ2n) is 5.57. The normalized spacial score (nSPS) is 17.0. The maximum Gasteiger partial charge on any atom is 0.308 e. The summed E-state index contributed by atoms with van der Waals surface area (Å²) in [6.45, 7) is 2.75. The summed E-state index contributed by atoms with van der Waals surface area (Å²) in [6, 6.07) is 4.08. The van der Waals surface area contributed by atoms with Crippen molar-refractivity contribution >= 4 is 11.9 Å². The number of amides is 1. The van der Waals surface area contributed by atoms with E-state index in [0.717, 1.165) is 0 Å². The highest BCUT2D eigenvalue weighted by Crippen LogP contribution is 2.23. The summed E-state index contributed by atoms with van der Waals surface area (Å²) >= 11 is 0. The minimum Gasteiger partial charge on any atom is -0.481 e. The monoisotopic (exact) mass is 309 g/mol. The van der Waals surface area contributed by atoms with E-state index in [1.54, 1.807) is 6.92 Å². The highest BCUT2D eigenvalue weighted by Gasteiger charge is 2.30. The van der Waals surface area contributed by atoms with Crippen LogP contribution in [0.5, 0.6) is 0 Å². The number of carbonyl (C=O) groups excluding carboxylic acids is 1. The molecule has 1 atom stereocenters. The van der Waals surface area contributed by atoms with Crippen molar-refractivity contribution in [3.05, 3.63) is 35.1 Å². The third-order valence-corrected chi connectivity index (χ3v) is 4.05. The SMILES string of the molecule is Cc1cc(C(=O)NCC(C(=O)O)C2CCOCC2)ccc1F. The van der Waals surface area contributed by atoms with Gasteiger partial charge in [0.15, 0.2) is 0 Å². The molecule has 1 unspecified atom stereocenters. The number of ether oxygens (including phenoxy) is 1. The van der Waals surface area contributed by atoms with E-state index in [4.69, 9.17) is 4.74 Å². The molecule has 2 rings (SSSR count). The highest BCUT2D eigenvalue weighted by atomic mass is 19.1. The lowest BCUT2D eigenvalue weighted by Gasteiger charge is -2.27. The molecule has 0 saturated carbocycles. The van der Waals surface area contributed by atoms with Crippen LogP contribution in [0, 0.1) is 24.6 Å². The molecule has 1 aromatic carbocycles. The van der Waals surface area contributed by atoms with E-state index in [1.165, 1.54) is 18.2 Å². The minimum absolute atomic E-state index is 0.00139. The Morgan fingerprint density at radius 1 is 1.41 bits per heavy atom. The van der Waals surface area contributed by atoms with Gasteiger partial charge in [0.2, 0.25) is 0 Å². The summed E-state index contributed by atoms with van der Waals surface area (Å²) in [5.74, 6) is -2.30. The molecule has 5 nitrogen and oxygen atoms in total. The van der Waals surface area contributed by atoms with E-state index in [0.29, 0.717) is 37.2 Å². The number of aryl methyl sites for hydroxylation is 1. The van der Waals surface area contributed by atoms with Crippen LogP contribution in [-0.2, 0) is 9.53 Å². The van der Waals surface area contributed by atoms with E-state index in [2.05, 4.69) is 5.32 Å². The van der Waals surface area contributed by atoms with Gasteiger partial charge < -0.3 is 15.2 Å². The van der Waals surface area contributed by atoms with Crippen LogP contribution < -0.4 is 5.32 Å². The Bertz CT molecular complexity index is 555. The molecule has 22 heavy (non-hydrogen) atoms. The van der Waals surface area contributed by atoms with Crippen molar-refractivity contribution in [3.8, 4) is 0 Å². The van der Waals surface area contributed by atoms with Crippen LogP contribution in [0.2, 0.25) is 0 Å². The average Bonchev–Trinajstić information content (AvgIpc) is 2.50. The van der Waals surface area contributed by atoms with Gasteiger partial charge in [0.05, 0.1) is 5.92 Å². The number of benzene rings is 1. The van der Waals surface area contributed by atoms with Gasteiger partial charge in [-0.1, -0.05) is 0 Å². The number of aliphatic carboxylic acids is 1. The molecule has 1 aromatic rings. The van der Waals surface area contributed by atoms with Gasteiger partial charge in [0.1, 0.15) is 5.82 Å². The third-order valence-electron chi connectivity index (χ3n) is 4.05. The predicted molar refractivity (Wildman–Crippen MR) is 78.1 cm³/mol. The Morgan fingerprint density at radius 3 is 2.68 bits per heavy atom. The number of rotatable bonds is 5. The van der Waals surface area contributed by atoms with E-state index < -0.39 is 11.9 Å². The van der Waals surface area contributed by atoms with Crippen molar-refractivity contribution in [1.82, 2.24) is 5.32 Å². The molecule has 1 amide bonds. The zero-order valence-electron chi connectivity index (χ0n) is 12.5. The maximum atomic E-state index is 13.2. The van der Waals surface area contributed by atoms with Gasteiger partial charge in [-0.2, -0.15) is 0 Å². The standard InChI is InChI=1S/C16H20FNO4/c1-10-8-12(2-3-14(10)17)15(19)18-9-13(16(20)21)11-4-6-22-7-5-11/h2-3,8,11,13H,4-7,9H2,1H3,(H,18,19)(H,20,21). The molecule has 0 aromatic heterocycles. The molecular weight excluding hydrogens is 289 g/mol. The van der Waals surface area contributed by atoms with Crippen LogP contribution in [-0.4, -0.2) is 36.7 Å². The summed E-state index contributed by atoms with van der Waals surface area (Å²) < 4.78 is 18.4. The topological polar surface area (TPSA) is 75.6 Å². The van der Waals surface area contributed by atoms with Crippen LogP contribution in [0.4, 0.5) is 4.39 Å². The molecule has 6 heteroatoms. The molecule has 1 fully saturated rings. The first kappa shape index (κ1) is 16.4. The van der Waals surface area contributed by atoms with Gasteiger partial charge in [-0.15, -0.1) is 0 Å². The third kappa shape index (κ3) is 4.04. The first-order chi connectivity index (χ1) is 10.5. The highest BCUT2D eigenvalue weighted by molar-refractivity contribution is 5.94. The number of carbonyl (C=O) groups is 2. The predicted octanol–water partition coefficient (Wildman–Crippen LogP) is 1.99. The van der Waals surface area contributed by atoms with Crippen molar-refractivity contribution < 1.29 is 23.8 Å². The maximum absolute atomic E-state index is 13.2. The quantitative estimate of drug-likeness (QED) is 0.872. The Hall–Kier alpha value is -1.95. The molecule has 1 saturated heterocycles. The van der Waals surface area contributed by atoms with E-state index in [9.17, 15) is 19.1 Å². The number of hydrogen-bond donors (Lipinski definition) is 2. The van der Waals surface area contributed by atoms with Crippen LogP contribution in [0.1, 0.15) is 28.8 Å². The Labute approximate surface area is 128 Å². The summed E-state index contributed by atoms with van der Waals surface area (Å²) in [6.07, 6.45) is 1.37. The summed E-state index contributed by atoms with van der Waals surface area (Å²) in [5.41, 5.74) is 0.710. The first-order valence-electron chi connectivity index (χ1n) is 7.34. The fourth-order valence-electron chi connectivity index (χ4n) is 2.66. The molecule has 1 aliphatic heterocycles. The smallest absolute Gasteiger partial charge is 0.308 e. The second kappa shape index (κ2) is 7.35. The number of halogens is 1. The molecular formula is C16H20FNO4. The van der Waals surface area contributed by atoms with E-state index in [1.807, 2.05) is 0 Å². The number of carboxylic acids is 1. The van der Waals surface area contributed by atoms with E-state index in [-0.39, 0.29) is 24.2 Å². The van der Waals surface area contributed by atoms with Crippen molar-refractivity contribution in [2.75, 3.05) is 19.8 Å². The summed E-state index contributed by atoms with van der Waals surface area (Å²) in [5, 5.41) is 12.0. The summed E-state index contributed by atoms with van der Waals surface area (Å²) in [4.78, 5) is 23.5. The minimum atomic E-state index is -0.914. The lowest BCUT2D eigenvalue weighted by atomic mass is 9.86. The lowest BCUT2D eigenvalue weighted by molar-refractivity contribution is -0.144. The van der Waals surface area contributed by atoms with Gasteiger partial charge in [0, 0.05) is 25.3 Å². The van der Waals surface area contributed by atoms with Crippen LogP contribution >= 0.6 is 0 Å². The molecule has 0 aliphatic carbocycles. The number of nitrogens with one attached hydrogen (secondary N) is 1. The molecule has 1 aliphatic rings. The van der Waals surface area contributed by atoms with Crippen molar-refractivity contribution in [3.63, 3.8) is 0 Å². The lowest BCUT2D eigenvalue weighted by Crippen LogP contribution is -2.39.